The topological polar surface area (TPSA) is 77.0 Å². The van der Waals surface area contributed by atoms with Crippen LogP contribution in [0.15, 0.2) is 4.99 Å². The predicted octanol–water partition coefficient (Wildman–Crippen LogP) is 2.37. The predicted molar refractivity (Wildman–Crippen MR) is 118 cm³/mol. The van der Waals surface area contributed by atoms with E-state index < -0.39 is 0 Å². The molecule has 1 saturated heterocycles. The summed E-state index contributed by atoms with van der Waals surface area (Å²) in [4.78, 5) is 32.8. The first kappa shape index (κ1) is 23.5. The zero-order valence-corrected chi connectivity index (χ0v) is 18.9. The normalized spacial score (nSPS) is 19.3. The molecule has 29 heavy (non-hydrogen) atoms. The van der Waals surface area contributed by atoms with E-state index in [4.69, 9.17) is 0 Å². The summed E-state index contributed by atoms with van der Waals surface area (Å²) < 4.78 is 0. The van der Waals surface area contributed by atoms with Crippen LogP contribution < -0.4 is 10.6 Å². The Labute approximate surface area is 176 Å². The van der Waals surface area contributed by atoms with E-state index >= 15 is 0 Å². The van der Waals surface area contributed by atoms with E-state index in [2.05, 4.69) is 29.5 Å². The van der Waals surface area contributed by atoms with Crippen molar-refractivity contribution in [1.82, 2.24) is 20.4 Å². The molecule has 0 unspecified atom stereocenters. The van der Waals surface area contributed by atoms with E-state index in [-0.39, 0.29) is 24.4 Å². The lowest BCUT2D eigenvalue weighted by Crippen LogP contribution is -2.52. The number of piperidine rings is 1. The first-order valence-electron chi connectivity index (χ1n) is 11.5. The van der Waals surface area contributed by atoms with E-state index in [1.54, 1.807) is 19.0 Å². The molecule has 2 fully saturated rings. The molecule has 2 rings (SSSR count). The van der Waals surface area contributed by atoms with Gasteiger partial charge in [0.25, 0.3) is 0 Å². The number of likely N-dealkylation sites (tertiary alicyclic amines) is 1. The van der Waals surface area contributed by atoms with Crippen molar-refractivity contribution in [2.75, 3.05) is 33.7 Å². The molecule has 2 amide bonds. The molecule has 0 radical (unpaired) electrons. The van der Waals surface area contributed by atoms with E-state index in [9.17, 15) is 9.59 Å². The van der Waals surface area contributed by atoms with Gasteiger partial charge in [-0.2, -0.15) is 0 Å². The number of rotatable bonds is 7. The molecule has 1 aliphatic heterocycles. The van der Waals surface area contributed by atoms with Crippen molar-refractivity contribution in [3.8, 4) is 0 Å². The molecule has 1 saturated carbocycles. The number of amides is 2. The average Bonchev–Trinajstić information content (AvgIpc) is 2.73. The standard InChI is InChI=1S/C22H41N5O2/c1-5-17(6-2)21(29)27-14-12-19(13-15-27)25-22(23-16-20(28)26(3)4)24-18-10-8-7-9-11-18/h17-19H,5-16H2,1-4H3,(H2,23,24,25). The zero-order chi connectivity index (χ0) is 21.2. The summed E-state index contributed by atoms with van der Waals surface area (Å²) in [5.41, 5.74) is 0. The van der Waals surface area contributed by atoms with Gasteiger partial charge in [-0.1, -0.05) is 33.1 Å². The van der Waals surface area contributed by atoms with Gasteiger partial charge in [0.15, 0.2) is 5.96 Å². The summed E-state index contributed by atoms with van der Waals surface area (Å²) >= 11 is 0. The van der Waals surface area contributed by atoms with Crippen LogP contribution in [0.4, 0.5) is 0 Å². The molecule has 0 aromatic carbocycles. The van der Waals surface area contributed by atoms with E-state index in [1.165, 1.54) is 19.3 Å². The fourth-order valence-electron chi connectivity index (χ4n) is 4.20. The van der Waals surface area contributed by atoms with E-state index in [1.807, 2.05) is 4.90 Å². The number of nitrogens with one attached hydrogen (secondary N) is 2. The number of aliphatic imine (C=N–C) groups is 1. The second kappa shape index (κ2) is 12.0. The molecule has 0 atom stereocenters. The first-order valence-corrected chi connectivity index (χ1v) is 11.5. The third kappa shape index (κ3) is 7.52. The Morgan fingerprint density at radius 2 is 1.52 bits per heavy atom. The van der Waals surface area contributed by atoms with Gasteiger partial charge < -0.3 is 20.4 Å². The molecule has 0 aromatic rings. The fraction of sp³-hybridized carbons (Fsp3) is 0.864. The van der Waals surface area contributed by atoms with Crippen LogP contribution in [-0.4, -0.2) is 73.4 Å². The number of carbonyl (C=O) groups is 2. The van der Waals surface area contributed by atoms with Gasteiger partial charge in [-0.05, 0) is 38.5 Å². The smallest absolute Gasteiger partial charge is 0.243 e. The molecule has 1 heterocycles. The Kier molecular flexibility index (Phi) is 9.74. The lowest BCUT2D eigenvalue weighted by Gasteiger charge is -2.35. The fourth-order valence-corrected chi connectivity index (χ4v) is 4.20. The minimum absolute atomic E-state index is 0.000309. The minimum Gasteiger partial charge on any atom is -0.354 e. The van der Waals surface area contributed by atoms with Crippen LogP contribution in [0.2, 0.25) is 0 Å². The summed E-state index contributed by atoms with van der Waals surface area (Å²) in [6.07, 6.45) is 9.77. The molecule has 0 bridgehead atoms. The summed E-state index contributed by atoms with van der Waals surface area (Å²) in [5, 5.41) is 7.10. The molecule has 2 N–H and O–H groups in total. The highest BCUT2D eigenvalue weighted by atomic mass is 16.2. The Hall–Kier alpha value is -1.79. The van der Waals surface area contributed by atoms with Crippen molar-refractivity contribution in [3.63, 3.8) is 0 Å². The number of hydrogen-bond donors (Lipinski definition) is 2. The van der Waals surface area contributed by atoms with Crippen LogP contribution in [0.25, 0.3) is 0 Å². The van der Waals surface area contributed by atoms with Crippen LogP contribution in [0.1, 0.15) is 71.6 Å². The molecule has 2 aliphatic rings. The van der Waals surface area contributed by atoms with Crippen molar-refractivity contribution < 1.29 is 9.59 Å². The maximum absolute atomic E-state index is 12.6. The highest BCUT2D eigenvalue weighted by Crippen LogP contribution is 2.19. The number of likely N-dealkylation sites (N-methyl/N-ethyl adjacent to an activating group) is 1. The third-order valence-corrected chi connectivity index (χ3v) is 6.30. The van der Waals surface area contributed by atoms with Crippen LogP contribution in [0.5, 0.6) is 0 Å². The molecule has 0 spiro atoms. The van der Waals surface area contributed by atoms with Crippen molar-refractivity contribution >= 4 is 17.8 Å². The number of hydrogen-bond acceptors (Lipinski definition) is 3. The average molecular weight is 408 g/mol. The van der Waals surface area contributed by atoms with Gasteiger partial charge in [0.2, 0.25) is 11.8 Å². The lowest BCUT2D eigenvalue weighted by atomic mass is 9.95. The van der Waals surface area contributed by atoms with Gasteiger partial charge in [-0.3, -0.25) is 9.59 Å². The van der Waals surface area contributed by atoms with Gasteiger partial charge in [0.05, 0.1) is 0 Å². The van der Waals surface area contributed by atoms with Gasteiger partial charge in [0.1, 0.15) is 6.54 Å². The monoisotopic (exact) mass is 407 g/mol. The Morgan fingerprint density at radius 1 is 0.966 bits per heavy atom. The minimum atomic E-state index is 0.000309. The largest absolute Gasteiger partial charge is 0.354 e. The van der Waals surface area contributed by atoms with Crippen LogP contribution in [0, 0.1) is 5.92 Å². The molecule has 166 valence electrons. The van der Waals surface area contributed by atoms with Crippen molar-refractivity contribution in [2.24, 2.45) is 10.9 Å². The second-order valence-electron chi connectivity index (χ2n) is 8.69. The Bertz CT molecular complexity index is 545. The number of guanidine groups is 1. The number of nitrogens with zero attached hydrogens (tertiary/aromatic N) is 3. The van der Waals surface area contributed by atoms with Gasteiger partial charge >= 0.3 is 0 Å². The third-order valence-electron chi connectivity index (χ3n) is 6.30. The van der Waals surface area contributed by atoms with Crippen LogP contribution in [0.3, 0.4) is 0 Å². The molecule has 7 heteroatoms. The molecule has 1 aliphatic carbocycles. The number of carbonyl (C=O) groups excluding carboxylic acids is 2. The molecular formula is C22H41N5O2. The Morgan fingerprint density at radius 3 is 2.03 bits per heavy atom. The van der Waals surface area contributed by atoms with E-state index in [0.717, 1.165) is 57.6 Å². The first-order chi connectivity index (χ1) is 13.9. The summed E-state index contributed by atoms with van der Waals surface area (Å²) in [6, 6.07) is 0.714. The summed E-state index contributed by atoms with van der Waals surface area (Å²) in [7, 11) is 3.51. The maximum Gasteiger partial charge on any atom is 0.243 e. The van der Waals surface area contributed by atoms with Gasteiger partial charge in [0, 0.05) is 45.2 Å². The van der Waals surface area contributed by atoms with Crippen molar-refractivity contribution in [3.05, 3.63) is 0 Å². The lowest BCUT2D eigenvalue weighted by molar-refractivity contribution is -0.136. The van der Waals surface area contributed by atoms with Crippen molar-refractivity contribution in [2.45, 2.75) is 83.7 Å². The molecule has 7 nitrogen and oxygen atoms in total. The second-order valence-corrected chi connectivity index (χ2v) is 8.69. The molecule has 0 aromatic heterocycles. The highest BCUT2D eigenvalue weighted by molar-refractivity contribution is 5.85. The van der Waals surface area contributed by atoms with E-state index in [0.29, 0.717) is 11.9 Å². The van der Waals surface area contributed by atoms with Crippen molar-refractivity contribution in [1.29, 1.82) is 0 Å². The van der Waals surface area contributed by atoms with Gasteiger partial charge in [-0.15, -0.1) is 0 Å². The Balaban J connectivity index is 1.91. The van der Waals surface area contributed by atoms with Crippen LogP contribution >= 0.6 is 0 Å². The summed E-state index contributed by atoms with van der Waals surface area (Å²) in [5.74, 6) is 1.21. The van der Waals surface area contributed by atoms with Gasteiger partial charge in [-0.25, -0.2) is 4.99 Å². The maximum atomic E-state index is 12.6. The highest BCUT2D eigenvalue weighted by Gasteiger charge is 2.27. The SMILES string of the molecule is CCC(CC)C(=O)N1CCC(NC(=NCC(=O)N(C)C)NC2CCCCC2)CC1. The quantitative estimate of drug-likeness (QED) is 0.502. The molecular weight excluding hydrogens is 366 g/mol. The zero-order valence-electron chi connectivity index (χ0n) is 18.9. The van der Waals surface area contributed by atoms with Crippen LogP contribution in [-0.2, 0) is 9.59 Å². The summed E-state index contributed by atoms with van der Waals surface area (Å²) in [6.45, 7) is 5.92.